The number of benzene rings is 1. The number of halogens is 3. The number of carbonyl (C=O) groups is 1. The number of nitrogens with zero attached hydrogens (tertiary/aromatic N) is 3. The van der Waals surface area contributed by atoms with Crippen molar-refractivity contribution < 1.29 is 22.7 Å². The summed E-state index contributed by atoms with van der Waals surface area (Å²) < 4.78 is 43.7. The Bertz CT molecular complexity index is 820. The Balaban J connectivity index is 1.72. The summed E-state index contributed by atoms with van der Waals surface area (Å²) in [4.78, 5) is 22.6. The summed E-state index contributed by atoms with van der Waals surface area (Å²) in [5.74, 6) is 0.572. The van der Waals surface area contributed by atoms with E-state index in [1.807, 2.05) is 0 Å². The number of aryl methyl sites for hydroxylation is 1. The van der Waals surface area contributed by atoms with Gasteiger partial charge in [0.1, 0.15) is 17.3 Å². The maximum atomic E-state index is 12.8. The standard InChI is InChI=1S/C18H19F3N4O2/c1-12-23-15(17(26)25-5-7-27-8-6-25)10-16(24-12)22-11-13-3-2-4-14(9-13)18(19,20)21/h2-4,9-10H,5-8,11H2,1H3,(H,22,23,24). The number of amides is 1. The molecule has 2 aromatic rings. The third-order valence-electron chi connectivity index (χ3n) is 4.08. The van der Waals surface area contributed by atoms with Crippen LogP contribution in [0.15, 0.2) is 30.3 Å². The first-order chi connectivity index (χ1) is 12.8. The van der Waals surface area contributed by atoms with Crippen molar-refractivity contribution in [1.29, 1.82) is 0 Å². The van der Waals surface area contributed by atoms with Gasteiger partial charge in [-0.2, -0.15) is 13.2 Å². The first-order valence-electron chi connectivity index (χ1n) is 8.45. The maximum Gasteiger partial charge on any atom is 0.416 e. The first kappa shape index (κ1) is 19.1. The number of hydrogen-bond acceptors (Lipinski definition) is 5. The number of aromatic nitrogens is 2. The first-order valence-corrected chi connectivity index (χ1v) is 8.45. The molecule has 3 rings (SSSR count). The molecule has 2 heterocycles. The fourth-order valence-electron chi connectivity index (χ4n) is 2.75. The highest BCUT2D eigenvalue weighted by Crippen LogP contribution is 2.29. The molecule has 0 atom stereocenters. The maximum absolute atomic E-state index is 12.8. The monoisotopic (exact) mass is 380 g/mol. The van der Waals surface area contributed by atoms with Crippen LogP contribution in [0, 0.1) is 6.92 Å². The molecule has 0 aliphatic carbocycles. The van der Waals surface area contributed by atoms with E-state index in [0.29, 0.717) is 43.5 Å². The average molecular weight is 380 g/mol. The molecule has 1 aromatic heterocycles. The Morgan fingerprint density at radius 1 is 1.22 bits per heavy atom. The smallest absolute Gasteiger partial charge is 0.378 e. The summed E-state index contributed by atoms with van der Waals surface area (Å²) >= 11 is 0. The molecule has 1 aliphatic rings. The lowest BCUT2D eigenvalue weighted by Crippen LogP contribution is -2.41. The van der Waals surface area contributed by atoms with E-state index in [0.717, 1.165) is 12.1 Å². The lowest BCUT2D eigenvalue weighted by molar-refractivity contribution is -0.137. The minimum atomic E-state index is -4.39. The SMILES string of the molecule is Cc1nc(NCc2cccc(C(F)(F)F)c2)cc(C(=O)N2CCOCC2)n1. The number of rotatable bonds is 4. The number of anilines is 1. The van der Waals surface area contributed by atoms with Crippen LogP contribution in [0.2, 0.25) is 0 Å². The Morgan fingerprint density at radius 3 is 2.67 bits per heavy atom. The minimum Gasteiger partial charge on any atom is -0.378 e. The zero-order valence-corrected chi connectivity index (χ0v) is 14.7. The second-order valence-electron chi connectivity index (χ2n) is 6.14. The van der Waals surface area contributed by atoms with E-state index in [4.69, 9.17) is 4.74 Å². The molecule has 1 fully saturated rings. The van der Waals surface area contributed by atoms with E-state index in [2.05, 4.69) is 15.3 Å². The zero-order valence-electron chi connectivity index (χ0n) is 14.7. The lowest BCUT2D eigenvalue weighted by Gasteiger charge is -2.26. The number of morpholine rings is 1. The summed E-state index contributed by atoms with van der Waals surface area (Å²) in [5, 5.41) is 2.96. The molecule has 0 radical (unpaired) electrons. The van der Waals surface area contributed by atoms with Crippen LogP contribution < -0.4 is 5.32 Å². The predicted molar refractivity (Wildman–Crippen MR) is 92.3 cm³/mol. The van der Waals surface area contributed by atoms with Crippen molar-refractivity contribution in [2.45, 2.75) is 19.6 Å². The van der Waals surface area contributed by atoms with E-state index in [-0.39, 0.29) is 18.1 Å². The van der Waals surface area contributed by atoms with E-state index < -0.39 is 11.7 Å². The molecule has 0 bridgehead atoms. The van der Waals surface area contributed by atoms with Crippen molar-refractivity contribution >= 4 is 11.7 Å². The third-order valence-corrected chi connectivity index (χ3v) is 4.08. The summed E-state index contributed by atoms with van der Waals surface area (Å²) in [6, 6.07) is 6.57. The summed E-state index contributed by atoms with van der Waals surface area (Å²) in [7, 11) is 0. The van der Waals surface area contributed by atoms with Crippen molar-refractivity contribution in [2.24, 2.45) is 0 Å². The fraction of sp³-hybridized carbons (Fsp3) is 0.389. The Morgan fingerprint density at radius 2 is 1.96 bits per heavy atom. The van der Waals surface area contributed by atoms with Crippen LogP contribution in [0.1, 0.15) is 27.4 Å². The van der Waals surface area contributed by atoms with Crippen LogP contribution in [0.25, 0.3) is 0 Å². The molecule has 0 unspecified atom stereocenters. The van der Waals surface area contributed by atoms with Gasteiger partial charge in [0, 0.05) is 25.7 Å². The van der Waals surface area contributed by atoms with E-state index in [1.54, 1.807) is 17.9 Å². The van der Waals surface area contributed by atoms with Crippen molar-refractivity contribution in [1.82, 2.24) is 14.9 Å². The Kier molecular flexibility index (Phi) is 5.59. The van der Waals surface area contributed by atoms with Gasteiger partial charge in [-0.15, -0.1) is 0 Å². The number of carbonyl (C=O) groups excluding carboxylic acids is 1. The molecule has 9 heteroatoms. The van der Waals surface area contributed by atoms with Crippen LogP contribution in [0.4, 0.5) is 19.0 Å². The molecule has 1 amide bonds. The fourth-order valence-corrected chi connectivity index (χ4v) is 2.75. The van der Waals surface area contributed by atoms with Crippen molar-refractivity contribution in [3.63, 3.8) is 0 Å². The molecule has 1 aromatic carbocycles. The minimum absolute atomic E-state index is 0.144. The lowest BCUT2D eigenvalue weighted by atomic mass is 10.1. The molecule has 144 valence electrons. The van der Waals surface area contributed by atoms with Gasteiger partial charge in [0.25, 0.3) is 5.91 Å². The van der Waals surface area contributed by atoms with E-state index >= 15 is 0 Å². The number of nitrogens with one attached hydrogen (secondary N) is 1. The van der Waals surface area contributed by atoms with Gasteiger partial charge >= 0.3 is 6.18 Å². The van der Waals surface area contributed by atoms with Gasteiger partial charge in [0.15, 0.2) is 0 Å². The topological polar surface area (TPSA) is 67.4 Å². The normalized spacial score (nSPS) is 14.9. The highest BCUT2D eigenvalue weighted by molar-refractivity contribution is 5.93. The van der Waals surface area contributed by atoms with Gasteiger partial charge in [-0.05, 0) is 24.6 Å². The summed E-state index contributed by atoms with van der Waals surface area (Å²) in [5.41, 5.74) is 0.00180. The van der Waals surface area contributed by atoms with Crippen LogP contribution in [-0.2, 0) is 17.5 Å². The molecule has 0 saturated carbocycles. The molecule has 0 spiro atoms. The highest BCUT2D eigenvalue weighted by Gasteiger charge is 2.30. The van der Waals surface area contributed by atoms with Gasteiger partial charge in [-0.25, -0.2) is 9.97 Å². The van der Waals surface area contributed by atoms with Crippen LogP contribution in [0.5, 0.6) is 0 Å². The van der Waals surface area contributed by atoms with Crippen LogP contribution in [0.3, 0.4) is 0 Å². The second kappa shape index (κ2) is 7.91. The Hall–Kier alpha value is -2.68. The van der Waals surface area contributed by atoms with E-state index in [1.165, 1.54) is 12.1 Å². The van der Waals surface area contributed by atoms with E-state index in [9.17, 15) is 18.0 Å². The molecular formula is C18H19F3N4O2. The van der Waals surface area contributed by atoms with Crippen LogP contribution >= 0.6 is 0 Å². The highest BCUT2D eigenvalue weighted by atomic mass is 19.4. The quantitative estimate of drug-likeness (QED) is 0.884. The zero-order chi connectivity index (χ0) is 19.4. The van der Waals surface area contributed by atoms with Gasteiger partial charge in [0.2, 0.25) is 0 Å². The summed E-state index contributed by atoms with van der Waals surface area (Å²) in [6.45, 7) is 3.76. The predicted octanol–water partition coefficient (Wildman–Crippen LogP) is 2.89. The summed E-state index contributed by atoms with van der Waals surface area (Å²) in [6.07, 6.45) is -4.39. The van der Waals surface area contributed by atoms with Gasteiger partial charge in [0.05, 0.1) is 18.8 Å². The Labute approximate surface area is 154 Å². The molecule has 1 aliphatic heterocycles. The van der Waals surface area contributed by atoms with Gasteiger partial charge in [-0.1, -0.05) is 12.1 Å². The van der Waals surface area contributed by atoms with Gasteiger partial charge < -0.3 is 15.0 Å². The number of alkyl halides is 3. The molecule has 6 nitrogen and oxygen atoms in total. The third kappa shape index (κ3) is 4.94. The van der Waals surface area contributed by atoms with Crippen molar-refractivity contribution in [2.75, 3.05) is 31.6 Å². The molecule has 1 N–H and O–H groups in total. The van der Waals surface area contributed by atoms with Crippen LogP contribution in [-0.4, -0.2) is 47.1 Å². The molecule has 1 saturated heterocycles. The molecule has 27 heavy (non-hydrogen) atoms. The average Bonchev–Trinajstić information content (AvgIpc) is 2.65. The largest absolute Gasteiger partial charge is 0.416 e. The molecular weight excluding hydrogens is 361 g/mol. The van der Waals surface area contributed by atoms with Gasteiger partial charge in [-0.3, -0.25) is 4.79 Å². The number of hydrogen-bond donors (Lipinski definition) is 1. The second-order valence-corrected chi connectivity index (χ2v) is 6.14. The van der Waals surface area contributed by atoms with Crippen molar-refractivity contribution in [3.8, 4) is 0 Å². The van der Waals surface area contributed by atoms with Crippen molar-refractivity contribution in [3.05, 3.63) is 53.0 Å². The number of ether oxygens (including phenoxy) is 1.